The fraction of sp³-hybridized carbons (Fsp3) is 0.789. The van der Waals surface area contributed by atoms with E-state index in [1.54, 1.807) is 5.57 Å². The van der Waals surface area contributed by atoms with Crippen LogP contribution in [0, 0.1) is 22.7 Å². The molecular formula is C19H26O2. The quantitative estimate of drug-likeness (QED) is 0.624. The molecule has 0 aliphatic heterocycles. The normalized spacial score (nSPS) is 46.2. The van der Waals surface area contributed by atoms with E-state index in [2.05, 4.69) is 13.8 Å². The second-order valence-electron chi connectivity index (χ2n) is 8.33. The van der Waals surface area contributed by atoms with Crippen LogP contribution in [0.2, 0.25) is 0 Å². The molecule has 0 saturated heterocycles. The van der Waals surface area contributed by atoms with Crippen LogP contribution < -0.4 is 0 Å². The molecule has 0 aromatic heterocycles. The number of hydrogen-bond donors (Lipinski definition) is 0. The maximum Gasteiger partial charge on any atom is 0.143 e. The summed E-state index contributed by atoms with van der Waals surface area (Å²) >= 11 is 0. The van der Waals surface area contributed by atoms with Crippen molar-refractivity contribution in [2.75, 3.05) is 0 Å². The predicted molar refractivity (Wildman–Crippen MR) is 81.8 cm³/mol. The summed E-state index contributed by atoms with van der Waals surface area (Å²) in [5.74, 6) is 2.20. The maximum absolute atomic E-state index is 12.3. The molecule has 4 atom stereocenters. The molecule has 2 heteroatoms. The summed E-state index contributed by atoms with van der Waals surface area (Å²) in [4.78, 5) is 24.2. The average Bonchev–Trinajstić information content (AvgIpc) is 2.76. The van der Waals surface area contributed by atoms with Gasteiger partial charge in [0.25, 0.3) is 0 Å². The zero-order valence-corrected chi connectivity index (χ0v) is 13.3. The average molecular weight is 286 g/mol. The van der Waals surface area contributed by atoms with Gasteiger partial charge >= 0.3 is 0 Å². The molecule has 3 fully saturated rings. The molecule has 0 heterocycles. The van der Waals surface area contributed by atoms with Gasteiger partial charge in [0.2, 0.25) is 0 Å². The zero-order chi connectivity index (χ0) is 14.8. The lowest BCUT2D eigenvalue weighted by Gasteiger charge is -2.54. The molecule has 0 aromatic rings. The van der Waals surface area contributed by atoms with Crippen molar-refractivity contribution < 1.29 is 9.59 Å². The Kier molecular flexibility index (Phi) is 2.81. The van der Waals surface area contributed by atoms with Gasteiger partial charge in [-0.05, 0) is 62.7 Å². The highest BCUT2D eigenvalue weighted by atomic mass is 16.1. The van der Waals surface area contributed by atoms with Gasteiger partial charge < -0.3 is 0 Å². The highest BCUT2D eigenvalue weighted by Crippen LogP contribution is 2.62. The first-order valence-corrected chi connectivity index (χ1v) is 8.72. The Bertz CT molecular complexity index is 558. The molecule has 114 valence electrons. The van der Waals surface area contributed by atoms with Gasteiger partial charge in [-0.2, -0.15) is 0 Å². The number of Topliss-reactive ketones (excluding diaryl/α,β-unsaturated/α-hetero) is 2. The van der Waals surface area contributed by atoms with Crippen molar-refractivity contribution >= 4 is 11.6 Å². The number of fused-ring (bicyclic) bond motifs is 4. The van der Waals surface area contributed by atoms with E-state index in [1.807, 2.05) is 0 Å². The molecule has 4 aliphatic rings. The fourth-order valence-corrected chi connectivity index (χ4v) is 6.08. The molecule has 0 N–H and O–H groups in total. The van der Waals surface area contributed by atoms with E-state index in [9.17, 15) is 9.59 Å². The van der Waals surface area contributed by atoms with Crippen LogP contribution >= 0.6 is 0 Å². The summed E-state index contributed by atoms with van der Waals surface area (Å²) in [5, 5.41) is 0. The molecule has 0 bridgehead atoms. The lowest BCUT2D eigenvalue weighted by atomic mass is 9.49. The second kappa shape index (κ2) is 4.30. The van der Waals surface area contributed by atoms with E-state index in [1.165, 1.54) is 18.4 Å². The molecule has 3 saturated carbocycles. The minimum absolute atomic E-state index is 0.125. The summed E-state index contributed by atoms with van der Waals surface area (Å²) in [7, 11) is 0. The van der Waals surface area contributed by atoms with Crippen molar-refractivity contribution in [1.82, 2.24) is 0 Å². The van der Waals surface area contributed by atoms with Gasteiger partial charge in [0.05, 0.1) is 0 Å². The number of rotatable bonds is 0. The summed E-state index contributed by atoms with van der Waals surface area (Å²) in [5.41, 5.74) is 3.35. The van der Waals surface area contributed by atoms with Crippen molar-refractivity contribution in [3.63, 3.8) is 0 Å². The molecule has 0 aromatic carbocycles. The molecule has 4 rings (SSSR count). The maximum atomic E-state index is 12.3. The third kappa shape index (κ3) is 1.71. The Morgan fingerprint density at radius 1 is 0.952 bits per heavy atom. The summed E-state index contributed by atoms with van der Waals surface area (Å²) in [6.07, 6.45) is 8.98. The minimum Gasteiger partial charge on any atom is -0.300 e. The van der Waals surface area contributed by atoms with Crippen LogP contribution in [0.5, 0.6) is 0 Å². The molecular weight excluding hydrogens is 260 g/mol. The van der Waals surface area contributed by atoms with E-state index in [-0.39, 0.29) is 5.41 Å². The Balaban J connectivity index is 1.76. The zero-order valence-electron chi connectivity index (χ0n) is 13.3. The first kappa shape index (κ1) is 13.7. The van der Waals surface area contributed by atoms with Crippen LogP contribution in [0.1, 0.15) is 71.6 Å². The lowest BCUT2D eigenvalue weighted by Crippen LogP contribution is -2.47. The second-order valence-corrected chi connectivity index (χ2v) is 8.33. The Morgan fingerprint density at radius 3 is 2.57 bits per heavy atom. The van der Waals surface area contributed by atoms with E-state index >= 15 is 0 Å². The molecule has 0 radical (unpaired) electrons. The van der Waals surface area contributed by atoms with Gasteiger partial charge in [0.1, 0.15) is 11.6 Å². The standard InChI is InChI=1S/C19H26O2/c1-18-9-7-13(20)11-12(18)3-4-14-15-5-6-17(21)19(15,2)10-8-16(14)18/h12,16H,3-11H2,1-2H3. The monoisotopic (exact) mass is 286 g/mol. The Hall–Kier alpha value is -0.920. The summed E-state index contributed by atoms with van der Waals surface area (Å²) in [6, 6.07) is 0. The van der Waals surface area contributed by atoms with Crippen molar-refractivity contribution in [1.29, 1.82) is 0 Å². The molecule has 0 amide bonds. The summed E-state index contributed by atoms with van der Waals surface area (Å²) < 4.78 is 0. The highest BCUT2D eigenvalue weighted by molar-refractivity contribution is 5.91. The number of hydrogen-bond acceptors (Lipinski definition) is 2. The minimum atomic E-state index is -0.125. The SMILES string of the molecule is CC12CCC3C(=C1CCC2=O)CCC1CC(=O)CCC13C. The highest BCUT2D eigenvalue weighted by Gasteiger charge is 2.54. The third-order valence-corrected chi connectivity index (χ3v) is 7.53. The fourth-order valence-electron chi connectivity index (χ4n) is 6.08. The van der Waals surface area contributed by atoms with Crippen molar-refractivity contribution in [3.05, 3.63) is 11.1 Å². The molecule has 21 heavy (non-hydrogen) atoms. The van der Waals surface area contributed by atoms with Crippen molar-refractivity contribution in [2.24, 2.45) is 22.7 Å². The number of ketones is 2. The topological polar surface area (TPSA) is 34.1 Å². The van der Waals surface area contributed by atoms with Gasteiger partial charge in [-0.15, -0.1) is 0 Å². The van der Waals surface area contributed by atoms with E-state index in [0.717, 1.165) is 44.9 Å². The van der Waals surface area contributed by atoms with Crippen molar-refractivity contribution in [3.8, 4) is 0 Å². The van der Waals surface area contributed by atoms with Gasteiger partial charge in [-0.3, -0.25) is 9.59 Å². The number of carbonyl (C=O) groups is 2. The van der Waals surface area contributed by atoms with Crippen LogP contribution in [0.3, 0.4) is 0 Å². The summed E-state index contributed by atoms with van der Waals surface area (Å²) in [6.45, 7) is 4.63. The molecule has 2 nitrogen and oxygen atoms in total. The Morgan fingerprint density at radius 2 is 1.76 bits per heavy atom. The van der Waals surface area contributed by atoms with Crippen LogP contribution in [0.25, 0.3) is 0 Å². The largest absolute Gasteiger partial charge is 0.300 e. The van der Waals surface area contributed by atoms with Crippen LogP contribution in [-0.4, -0.2) is 11.6 Å². The predicted octanol–water partition coefficient (Wildman–Crippen LogP) is 4.23. The number of allylic oxidation sites excluding steroid dienone is 2. The molecule has 4 unspecified atom stereocenters. The molecule has 4 aliphatic carbocycles. The Labute approximate surface area is 127 Å². The van der Waals surface area contributed by atoms with Gasteiger partial charge in [-0.25, -0.2) is 0 Å². The van der Waals surface area contributed by atoms with E-state index in [0.29, 0.717) is 28.8 Å². The molecule has 0 spiro atoms. The van der Waals surface area contributed by atoms with Crippen LogP contribution in [0.15, 0.2) is 11.1 Å². The van der Waals surface area contributed by atoms with Gasteiger partial charge in [0.15, 0.2) is 0 Å². The van der Waals surface area contributed by atoms with E-state index < -0.39 is 0 Å². The lowest BCUT2D eigenvalue weighted by molar-refractivity contribution is -0.127. The van der Waals surface area contributed by atoms with Crippen LogP contribution in [-0.2, 0) is 9.59 Å². The van der Waals surface area contributed by atoms with Crippen molar-refractivity contribution in [2.45, 2.75) is 71.6 Å². The first-order valence-electron chi connectivity index (χ1n) is 8.72. The third-order valence-electron chi connectivity index (χ3n) is 7.53. The van der Waals surface area contributed by atoms with Gasteiger partial charge in [0, 0.05) is 24.7 Å². The number of carbonyl (C=O) groups excluding carboxylic acids is 2. The van der Waals surface area contributed by atoms with Crippen LogP contribution in [0.4, 0.5) is 0 Å². The van der Waals surface area contributed by atoms with E-state index in [4.69, 9.17) is 0 Å². The first-order chi connectivity index (χ1) is 9.95. The van der Waals surface area contributed by atoms with Gasteiger partial charge in [-0.1, -0.05) is 18.1 Å². The smallest absolute Gasteiger partial charge is 0.143 e.